The van der Waals surface area contributed by atoms with Crippen molar-refractivity contribution in [1.29, 1.82) is 0 Å². The quantitative estimate of drug-likeness (QED) is 0.421. The average Bonchev–Trinajstić information content (AvgIpc) is 3.22. The Morgan fingerprint density at radius 3 is 2.31 bits per heavy atom. The molecule has 3 aromatic rings. The van der Waals surface area contributed by atoms with E-state index in [2.05, 4.69) is 16.5 Å². The molecular formula is C27H31N5O2S. The summed E-state index contributed by atoms with van der Waals surface area (Å²) < 4.78 is 1.82. The standard InChI is InChI=1S/C27H31N5O2S/c1-16-7-10-21(11-8-16)32-25(33)14-24(26(32)34)31(15-22-19(4)29-30(6)20(22)5)27(35)28-23-12-9-17(2)13-18(23)3/h7-13,24H,14-15H2,1-6H3,(H,28,35)/t24-/m0/s1. The van der Waals surface area contributed by atoms with Gasteiger partial charge in [0.15, 0.2) is 5.11 Å². The second-order valence-corrected chi connectivity index (χ2v) is 9.66. The fraction of sp³-hybridized carbons (Fsp3) is 0.333. The molecule has 0 saturated carbocycles. The molecular weight excluding hydrogens is 458 g/mol. The first-order chi connectivity index (χ1) is 16.6. The predicted octanol–water partition coefficient (Wildman–Crippen LogP) is 4.49. The fourth-order valence-corrected chi connectivity index (χ4v) is 4.81. The van der Waals surface area contributed by atoms with Crippen molar-refractivity contribution in [2.45, 2.75) is 53.6 Å². The third kappa shape index (κ3) is 4.84. The first-order valence-corrected chi connectivity index (χ1v) is 12.0. The van der Waals surface area contributed by atoms with Crippen molar-refractivity contribution >= 4 is 40.5 Å². The zero-order valence-corrected chi connectivity index (χ0v) is 21.9. The Labute approximate surface area is 211 Å². The zero-order valence-electron chi connectivity index (χ0n) is 21.0. The number of aromatic nitrogens is 2. The van der Waals surface area contributed by atoms with Crippen LogP contribution < -0.4 is 10.2 Å². The number of hydrogen-bond acceptors (Lipinski definition) is 4. The van der Waals surface area contributed by atoms with Crippen LogP contribution in [0.15, 0.2) is 42.5 Å². The largest absolute Gasteiger partial charge is 0.332 e. The third-order valence-electron chi connectivity index (χ3n) is 6.66. The highest BCUT2D eigenvalue weighted by Crippen LogP contribution is 2.29. The molecule has 1 aliphatic rings. The van der Waals surface area contributed by atoms with Gasteiger partial charge in [-0.15, -0.1) is 0 Å². The molecule has 0 radical (unpaired) electrons. The van der Waals surface area contributed by atoms with Crippen LogP contribution in [0, 0.1) is 34.6 Å². The molecule has 0 bridgehead atoms. The maximum absolute atomic E-state index is 13.6. The second-order valence-electron chi connectivity index (χ2n) is 9.27. The van der Waals surface area contributed by atoms with Gasteiger partial charge in [-0.1, -0.05) is 35.4 Å². The maximum atomic E-state index is 13.6. The molecule has 2 heterocycles. The van der Waals surface area contributed by atoms with Crippen molar-refractivity contribution in [3.05, 3.63) is 76.1 Å². The molecule has 1 aromatic heterocycles. The van der Waals surface area contributed by atoms with Crippen LogP contribution in [0.25, 0.3) is 0 Å². The van der Waals surface area contributed by atoms with E-state index in [1.54, 1.807) is 12.1 Å². The van der Waals surface area contributed by atoms with Crippen molar-refractivity contribution in [2.75, 3.05) is 10.2 Å². The van der Waals surface area contributed by atoms with Gasteiger partial charge in [-0.2, -0.15) is 5.10 Å². The Morgan fingerprint density at radius 2 is 1.71 bits per heavy atom. The lowest BCUT2D eigenvalue weighted by molar-refractivity contribution is -0.122. The van der Waals surface area contributed by atoms with E-state index in [9.17, 15) is 9.59 Å². The highest BCUT2D eigenvalue weighted by molar-refractivity contribution is 7.80. The van der Waals surface area contributed by atoms with Crippen molar-refractivity contribution in [3.8, 4) is 0 Å². The summed E-state index contributed by atoms with van der Waals surface area (Å²) in [5, 5.41) is 8.25. The number of amides is 2. The molecule has 8 heteroatoms. The van der Waals surface area contributed by atoms with E-state index in [0.29, 0.717) is 17.3 Å². The summed E-state index contributed by atoms with van der Waals surface area (Å²) in [5.74, 6) is -0.509. The molecule has 0 spiro atoms. The van der Waals surface area contributed by atoms with Crippen LogP contribution in [-0.4, -0.2) is 37.6 Å². The van der Waals surface area contributed by atoms with Gasteiger partial charge in [0.05, 0.1) is 17.8 Å². The number of rotatable bonds is 5. The van der Waals surface area contributed by atoms with Gasteiger partial charge >= 0.3 is 0 Å². The Bertz CT molecular complexity index is 1310. The number of hydrogen-bond donors (Lipinski definition) is 1. The van der Waals surface area contributed by atoms with Crippen LogP contribution in [0.5, 0.6) is 0 Å². The van der Waals surface area contributed by atoms with Gasteiger partial charge in [-0.05, 0) is 70.6 Å². The van der Waals surface area contributed by atoms with E-state index in [0.717, 1.165) is 39.3 Å². The highest BCUT2D eigenvalue weighted by Gasteiger charge is 2.44. The minimum absolute atomic E-state index is 0.0553. The summed E-state index contributed by atoms with van der Waals surface area (Å²) in [4.78, 5) is 29.8. The van der Waals surface area contributed by atoms with E-state index < -0.39 is 6.04 Å². The number of aryl methyl sites for hydroxylation is 5. The zero-order chi connectivity index (χ0) is 25.4. The van der Waals surface area contributed by atoms with Crippen LogP contribution in [0.4, 0.5) is 11.4 Å². The summed E-state index contributed by atoms with van der Waals surface area (Å²) in [7, 11) is 1.89. The average molecular weight is 490 g/mol. The molecule has 2 amide bonds. The maximum Gasteiger partial charge on any atom is 0.257 e. The van der Waals surface area contributed by atoms with E-state index in [1.165, 1.54) is 4.90 Å². The minimum Gasteiger partial charge on any atom is -0.332 e. The second kappa shape index (κ2) is 9.62. The Balaban J connectivity index is 1.69. The molecule has 1 N–H and O–H groups in total. The normalized spacial score (nSPS) is 15.6. The SMILES string of the molecule is Cc1ccc(N2C(=O)C[C@H](N(Cc3c(C)nn(C)c3C)C(=S)Nc3ccc(C)cc3C)C2=O)cc1. The number of nitrogens with zero attached hydrogens (tertiary/aromatic N) is 4. The molecule has 7 nitrogen and oxygen atoms in total. The molecule has 182 valence electrons. The number of carbonyl (C=O) groups is 2. The van der Waals surface area contributed by atoms with Crippen LogP contribution in [-0.2, 0) is 23.2 Å². The van der Waals surface area contributed by atoms with Crippen molar-refractivity contribution in [1.82, 2.24) is 14.7 Å². The van der Waals surface area contributed by atoms with Crippen LogP contribution in [0.2, 0.25) is 0 Å². The number of thiocarbonyl (C=S) groups is 1. The van der Waals surface area contributed by atoms with Gasteiger partial charge in [0.2, 0.25) is 5.91 Å². The lowest BCUT2D eigenvalue weighted by Gasteiger charge is -2.31. The topological polar surface area (TPSA) is 70.5 Å². The predicted molar refractivity (Wildman–Crippen MR) is 142 cm³/mol. The van der Waals surface area contributed by atoms with Gasteiger partial charge in [0.1, 0.15) is 6.04 Å². The lowest BCUT2D eigenvalue weighted by atomic mass is 10.1. The summed E-state index contributed by atoms with van der Waals surface area (Å²) in [6.45, 7) is 10.3. The van der Waals surface area contributed by atoms with E-state index in [4.69, 9.17) is 12.2 Å². The summed E-state index contributed by atoms with van der Waals surface area (Å²) in [6, 6.07) is 12.8. The van der Waals surface area contributed by atoms with Gasteiger partial charge < -0.3 is 10.2 Å². The van der Waals surface area contributed by atoms with E-state index in [-0.39, 0.29) is 18.2 Å². The smallest absolute Gasteiger partial charge is 0.257 e. The molecule has 1 aliphatic heterocycles. The van der Waals surface area contributed by atoms with Crippen molar-refractivity contribution in [3.63, 3.8) is 0 Å². The number of imide groups is 1. The first-order valence-electron chi connectivity index (χ1n) is 11.6. The number of nitrogens with one attached hydrogen (secondary N) is 1. The van der Waals surface area contributed by atoms with Crippen LogP contribution in [0.3, 0.4) is 0 Å². The Kier molecular flexibility index (Phi) is 6.76. The lowest BCUT2D eigenvalue weighted by Crippen LogP contribution is -2.47. The minimum atomic E-state index is -0.714. The summed E-state index contributed by atoms with van der Waals surface area (Å²) in [5.41, 5.74) is 7.58. The molecule has 0 unspecified atom stereocenters. The van der Waals surface area contributed by atoms with E-state index >= 15 is 0 Å². The molecule has 0 aliphatic carbocycles. The monoisotopic (exact) mass is 489 g/mol. The van der Waals surface area contributed by atoms with Gasteiger partial charge in [0.25, 0.3) is 5.91 Å². The number of anilines is 2. The fourth-order valence-electron chi connectivity index (χ4n) is 4.51. The van der Waals surface area contributed by atoms with Crippen LogP contribution >= 0.6 is 12.2 Å². The Morgan fingerprint density at radius 1 is 1.06 bits per heavy atom. The summed E-state index contributed by atoms with van der Waals surface area (Å²) >= 11 is 5.85. The Hall–Kier alpha value is -3.52. The molecule has 2 aromatic carbocycles. The molecule has 1 saturated heterocycles. The third-order valence-corrected chi connectivity index (χ3v) is 7.00. The summed E-state index contributed by atoms with van der Waals surface area (Å²) in [6.07, 6.45) is 0.0553. The molecule has 35 heavy (non-hydrogen) atoms. The van der Waals surface area contributed by atoms with E-state index in [1.807, 2.05) is 75.5 Å². The number of benzene rings is 2. The molecule has 4 rings (SSSR count). The van der Waals surface area contributed by atoms with Crippen molar-refractivity contribution < 1.29 is 9.59 Å². The molecule has 1 atom stereocenters. The van der Waals surface area contributed by atoms with Gasteiger partial charge in [-0.3, -0.25) is 14.3 Å². The molecule has 1 fully saturated rings. The van der Waals surface area contributed by atoms with Crippen molar-refractivity contribution in [2.24, 2.45) is 7.05 Å². The van der Waals surface area contributed by atoms with Gasteiger partial charge in [-0.25, -0.2) is 4.90 Å². The highest BCUT2D eigenvalue weighted by atomic mass is 32.1. The number of carbonyl (C=O) groups excluding carboxylic acids is 2. The van der Waals surface area contributed by atoms with Crippen LogP contribution in [0.1, 0.15) is 40.1 Å². The first kappa shape index (κ1) is 24.6. The van der Waals surface area contributed by atoms with Gasteiger partial charge in [0, 0.05) is 30.5 Å².